The van der Waals surface area contributed by atoms with E-state index in [9.17, 15) is 22.8 Å². The molecule has 0 unspecified atom stereocenters. The lowest BCUT2D eigenvalue weighted by Crippen LogP contribution is -2.20. The number of carbonyl (C=O) groups excluding carboxylic acids is 2. The molecule has 0 saturated carbocycles. The maximum atomic E-state index is 13.0. The van der Waals surface area contributed by atoms with Gasteiger partial charge in [0.15, 0.2) is 23.2 Å². The zero-order valence-electron chi connectivity index (χ0n) is 17.2. The zero-order chi connectivity index (χ0) is 24.0. The third-order valence-electron chi connectivity index (χ3n) is 4.28. The highest BCUT2D eigenvalue weighted by atomic mass is 35.5. The van der Waals surface area contributed by atoms with Crippen molar-refractivity contribution in [1.29, 1.82) is 0 Å². The second-order valence-corrected chi connectivity index (χ2v) is 8.24. The molecule has 3 aromatic rings. The maximum absolute atomic E-state index is 13.0. The van der Waals surface area contributed by atoms with Gasteiger partial charge >= 0.3 is 6.18 Å². The summed E-state index contributed by atoms with van der Waals surface area (Å²) in [6, 6.07) is 8.30. The smallest absolute Gasteiger partial charge is 0.417 e. The molecule has 1 amide bonds. The minimum atomic E-state index is -4.55. The van der Waals surface area contributed by atoms with Crippen LogP contribution in [0.15, 0.2) is 42.6 Å². The summed E-state index contributed by atoms with van der Waals surface area (Å²) in [6.07, 6.45) is -2.19. The third-order valence-corrected chi connectivity index (χ3v) is 5.52. The van der Waals surface area contributed by atoms with Gasteiger partial charge in [-0.15, -0.1) is 11.3 Å². The first-order valence-corrected chi connectivity index (χ1v) is 10.8. The lowest BCUT2D eigenvalue weighted by atomic mass is 10.1. The van der Waals surface area contributed by atoms with E-state index in [1.807, 2.05) is 0 Å². The van der Waals surface area contributed by atoms with E-state index in [1.54, 1.807) is 6.92 Å². The van der Waals surface area contributed by atoms with Gasteiger partial charge in [0.1, 0.15) is 6.29 Å². The van der Waals surface area contributed by atoms with E-state index in [-0.39, 0.29) is 23.2 Å². The van der Waals surface area contributed by atoms with Gasteiger partial charge in [-0.05, 0) is 42.8 Å². The van der Waals surface area contributed by atoms with E-state index in [0.29, 0.717) is 40.4 Å². The number of aromatic nitrogens is 1. The van der Waals surface area contributed by atoms with Crippen LogP contribution in [0.3, 0.4) is 0 Å². The third kappa shape index (κ3) is 6.69. The number of halogens is 4. The van der Waals surface area contributed by atoms with Crippen LogP contribution in [0.2, 0.25) is 5.02 Å². The topological polar surface area (TPSA) is 77.5 Å². The molecule has 0 aliphatic rings. The van der Waals surface area contributed by atoms with Crippen molar-refractivity contribution in [3.05, 3.63) is 69.2 Å². The molecule has 1 heterocycles. The number of carbonyl (C=O) groups is 2. The highest BCUT2D eigenvalue weighted by molar-refractivity contribution is 7.15. The largest absolute Gasteiger partial charge is 0.490 e. The fourth-order valence-corrected chi connectivity index (χ4v) is 3.92. The van der Waals surface area contributed by atoms with E-state index in [2.05, 4.69) is 10.3 Å². The van der Waals surface area contributed by atoms with Crippen LogP contribution >= 0.6 is 22.9 Å². The van der Waals surface area contributed by atoms with Crippen molar-refractivity contribution in [3.63, 3.8) is 0 Å². The van der Waals surface area contributed by atoms with Crippen molar-refractivity contribution in [2.24, 2.45) is 0 Å². The number of nitrogens with one attached hydrogen (secondary N) is 1. The van der Waals surface area contributed by atoms with Crippen molar-refractivity contribution >= 4 is 40.3 Å². The SMILES string of the molecule is CCOc1cc(C=O)ccc1OCC(=O)Nc1ncc(Cc2ccc(Cl)c(C(F)(F)F)c2)s1. The maximum Gasteiger partial charge on any atom is 0.417 e. The first-order valence-electron chi connectivity index (χ1n) is 9.64. The lowest BCUT2D eigenvalue weighted by Gasteiger charge is -2.12. The molecule has 0 bridgehead atoms. The van der Waals surface area contributed by atoms with Crippen LogP contribution < -0.4 is 14.8 Å². The van der Waals surface area contributed by atoms with Crippen molar-refractivity contribution in [2.45, 2.75) is 19.5 Å². The van der Waals surface area contributed by atoms with Crippen LogP contribution in [-0.2, 0) is 17.4 Å². The number of amides is 1. The summed E-state index contributed by atoms with van der Waals surface area (Å²) in [5.41, 5.74) is -0.0723. The predicted molar refractivity (Wildman–Crippen MR) is 118 cm³/mol. The van der Waals surface area contributed by atoms with Gasteiger partial charge in [0.05, 0.1) is 17.2 Å². The Morgan fingerprint density at radius 1 is 1.18 bits per heavy atom. The molecule has 174 valence electrons. The molecule has 0 radical (unpaired) electrons. The summed E-state index contributed by atoms with van der Waals surface area (Å²) >= 11 is 6.78. The Kier molecular flexibility index (Phi) is 7.93. The number of hydrogen-bond donors (Lipinski definition) is 1. The fraction of sp³-hybridized carbons (Fsp3) is 0.227. The molecule has 1 N–H and O–H groups in total. The number of alkyl halides is 3. The van der Waals surface area contributed by atoms with Gasteiger partial charge in [0.2, 0.25) is 0 Å². The molecule has 0 spiro atoms. The number of anilines is 1. The highest BCUT2D eigenvalue weighted by Gasteiger charge is 2.33. The summed E-state index contributed by atoms with van der Waals surface area (Å²) in [7, 11) is 0. The molecule has 0 aliphatic carbocycles. The van der Waals surface area contributed by atoms with Gasteiger partial charge in [-0.2, -0.15) is 13.2 Å². The number of hydrogen-bond acceptors (Lipinski definition) is 6. The molecular formula is C22H18ClF3N2O4S. The normalized spacial score (nSPS) is 11.2. The van der Waals surface area contributed by atoms with Gasteiger partial charge in [0.25, 0.3) is 5.91 Å². The van der Waals surface area contributed by atoms with Crippen LogP contribution in [0.25, 0.3) is 0 Å². The molecule has 3 rings (SSSR count). The Labute approximate surface area is 196 Å². The second kappa shape index (κ2) is 10.7. The van der Waals surface area contributed by atoms with Crippen molar-refractivity contribution in [2.75, 3.05) is 18.5 Å². The summed E-state index contributed by atoms with van der Waals surface area (Å²) in [6.45, 7) is 1.80. The first-order chi connectivity index (χ1) is 15.7. The number of nitrogens with zero attached hydrogens (tertiary/aromatic N) is 1. The number of benzene rings is 2. The molecule has 0 saturated heterocycles. The Balaban J connectivity index is 1.60. The lowest BCUT2D eigenvalue weighted by molar-refractivity contribution is -0.137. The molecule has 11 heteroatoms. The van der Waals surface area contributed by atoms with Crippen molar-refractivity contribution in [3.8, 4) is 11.5 Å². The van der Waals surface area contributed by atoms with E-state index < -0.39 is 17.6 Å². The number of ether oxygens (including phenoxy) is 2. The summed E-state index contributed by atoms with van der Waals surface area (Å²) in [4.78, 5) is 27.9. The molecule has 0 fully saturated rings. The minimum absolute atomic E-state index is 0.199. The molecule has 2 aromatic carbocycles. The van der Waals surface area contributed by atoms with Gasteiger partial charge in [0, 0.05) is 23.1 Å². The summed E-state index contributed by atoms with van der Waals surface area (Å²) < 4.78 is 50.0. The summed E-state index contributed by atoms with van der Waals surface area (Å²) in [5.74, 6) is 0.164. The highest BCUT2D eigenvalue weighted by Crippen LogP contribution is 2.36. The fourth-order valence-electron chi connectivity index (χ4n) is 2.83. The molecule has 1 aromatic heterocycles. The van der Waals surface area contributed by atoms with Crippen LogP contribution in [0.4, 0.5) is 18.3 Å². The Bertz CT molecular complexity index is 1150. The minimum Gasteiger partial charge on any atom is -0.490 e. The van der Waals surface area contributed by atoms with Crippen LogP contribution in [0.1, 0.15) is 33.3 Å². The monoisotopic (exact) mass is 498 g/mol. The predicted octanol–water partition coefficient (Wildman–Crippen LogP) is 5.63. The van der Waals surface area contributed by atoms with E-state index in [0.717, 1.165) is 17.4 Å². The Morgan fingerprint density at radius 3 is 2.67 bits per heavy atom. The standard InChI is InChI=1S/C22H18ClF3N2O4S/c1-2-31-19-9-14(11-29)4-6-18(19)32-12-20(30)28-21-27-10-15(33-21)7-13-3-5-17(23)16(8-13)22(24,25)26/h3-6,8-11H,2,7,12H2,1H3,(H,27,28,30). The molecule has 0 aliphatic heterocycles. The number of thiazole rings is 1. The van der Waals surface area contributed by atoms with Crippen LogP contribution in [-0.4, -0.2) is 30.4 Å². The Hall–Kier alpha value is -3.11. The zero-order valence-corrected chi connectivity index (χ0v) is 18.8. The van der Waals surface area contributed by atoms with Crippen LogP contribution in [0.5, 0.6) is 11.5 Å². The quantitative estimate of drug-likeness (QED) is 0.387. The van der Waals surface area contributed by atoms with Crippen molar-refractivity contribution < 1.29 is 32.2 Å². The van der Waals surface area contributed by atoms with Crippen molar-refractivity contribution in [1.82, 2.24) is 4.98 Å². The Morgan fingerprint density at radius 2 is 1.97 bits per heavy atom. The van der Waals surface area contributed by atoms with E-state index >= 15 is 0 Å². The molecular weight excluding hydrogens is 481 g/mol. The van der Waals surface area contributed by atoms with Gasteiger partial charge in [-0.25, -0.2) is 4.98 Å². The molecule has 0 atom stereocenters. The summed E-state index contributed by atoms with van der Waals surface area (Å²) in [5, 5.41) is 2.50. The first kappa shape index (κ1) is 24.5. The van der Waals surface area contributed by atoms with Crippen LogP contribution in [0, 0.1) is 0 Å². The second-order valence-electron chi connectivity index (χ2n) is 6.71. The average Bonchev–Trinajstić information content (AvgIpc) is 3.20. The number of rotatable bonds is 9. The molecule has 33 heavy (non-hydrogen) atoms. The molecule has 6 nitrogen and oxygen atoms in total. The van der Waals surface area contributed by atoms with Gasteiger partial charge in [-0.3, -0.25) is 14.9 Å². The van der Waals surface area contributed by atoms with Gasteiger partial charge in [-0.1, -0.05) is 17.7 Å². The van der Waals surface area contributed by atoms with Gasteiger partial charge < -0.3 is 9.47 Å². The van der Waals surface area contributed by atoms with E-state index in [4.69, 9.17) is 21.1 Å². The number of aldehydes is 1. The average molecular weight is 499 g/mol. The van der Waals surface area contributed by atoms with E-state index in [1.165, 1.54) is 36.5 Å².